The molecule has 3 N–H and O–H groups in total. The van der Waals surface area contributed by atoms with Crippen LogP contribution < -0.4 is 16.0 Å². The predicted molar refractivity (Wildman–Crippen MR) is 105 cm³/mol. The number of rotatable bonds is 9. The van der Waals surface area contributed by atoms with E-state index in [1.165, 1.54) is 0 Å². The van der Waals surface area contributed by atoms with Crippen LogP contribution in [0.15, 0.2) is 54.6 Å². The second-order valence-electron chi connectivity index (χ2n) is 6.44. The average Bonchev–Trinajstić information content (AvgIpc) is 2.69. The summed E-state index contributed by atoms with van der Waals surface area (Å²) in [5.41, 5.74) is 2.50. The number of benzene rings is 2. The van der Waals surface area contributed by atoms with E-state index in [1.54, 1.807) is 6.07 Å². The number of carbonyl (C=O) groups excluding carboxylic acids is 2. The molecule has 27 heavy (non-hydrogen) atoms. The lowest BCUT2D eigenvalue weighted by Gasteiger charge is -2.13. The van der Waals surface area contributed by atoms with Gasteiger partial charge in [0, 0.05) is 31.2 Å². The Balaban J connectivity index is 1.70. The lowest BCUT2D eigenvalue weighted by Crippen LogP contribution is -2.35. The maximum atomic E-state index is 12.4. The standard InChI is InChI=1S/C21H27N3O3/c1-16(2)24-14-18-10-6-7-11-19(18)20(25)22-12-13-23-21(26)27-15-17-8-4-3-5-9-17/h3-11,16,24H,12-15H2,1-2H3,(H,22,25)(H,23,26). The molecular formula is C21H27N3O3. The summed E-state index contributed by atoms with van der Waals surface area (Å²) in [5, 5.41) is 8.76. The molecule has 0 atom stereocenters. The largest absolute Gasteiger partial charge is 0.445 e. The van der Waals surface area contributed by atoms with Gasteiger partial charge in [-0.2, -0.15) is 0 Å². The summed E-state index contributed by atoms with van der Waals surface area (Å²) in [6.07, 6.45) is -0.505. The second-order valence-corrected chi connectivity index (χ2v) is 6.44. The SMILES string of the molecule is CC(C)NCc1ccccc1C(=O)NCCNC(=O)OCc1ccccc1. The Hall–Kier alpha value is -2.86. The molecular weight excluding hydrogens is 342 g/mol. The number of hydrogen-bond donors (Lipinski definition) is 3. The van der Waals surface area contributed by atoms with E-state index in [2.05, 4.69) is 29.8 Å². The highest BCUT2D eigenvalue weighted by Gasteiger charge is 2.10. The van der Waals surface area contributed by atoms with Gasteiger partial charge in [-0.25, -0.2) is 4.79 Å². The van der Waals surface area contributed by atoms with E-state index in [0.717, 1.165) is 11.1 Å². The maximum Gasteiger partial charge on any atom is 0.407 e. The number of nitrogens with one attached hydrogen (secondary N) is 3. The first kappa shape index (κ1) is 20.5. The van der Waals surface area contributed by atoms with Crippen molar-refractivity contribution in [2.45, 2.75) is 33.0 Å². The van der Waals surface area contributed by atoms with E-state index in [1.807, 2.05) is 48.5 Å². The Morgan fingerprint density at radius 3 is 2.33 bits per heavy atom. The topological polar surface area (TPSA) is 79.5 Å². The zero-order chi connectivity index (χ0) is 19.5. The molecule has 0 radical (unpaired) electrons. The van der Waals surface area contributed by atoms with Crippen LogP contribution in [0.2, 0.25) is 0 Å². The number of carbonyl (C=O) groups is 2. The van der Waals surface area contributed by atoms with E-state index in [9.17, 15) is 9.59 Å². The Labute approximate surface area is 160 Å². The average molecular weight is 369 g/mol. The zero-order valence-electron chi connectivity index (χ0n) is 15.8. The fourth-order valence-corrected chi connectivity index (χ4v) is 2.42. The number of hydrogen-bond acceptors (Lipinski definition) is 4. The molecule has 0 aliphatic carbocycles. The molecule has 2 rings (SSSR count). The number of alkyl carbamates (subject to hydrolysis) is 1. The summed E-state index contributed by atoms with van der Waals surface area (Å²) in [6, 6.07) is 17.3. The zero-order valence-corrected chi connectivity index (χ0v) is 15.8. The minimum atomic E-state index is -0.505. The van der Waals surface area contributed by atoms with Gasteiger partial charge in [0.2, 0.25) is 0 Å². The molecule has 0 fully saturated rings. The molecule has 2 aromatic rings. The molecule has 2 amide bonds. The van der Waals surface area contributed by atoms with Gasteiger partial charge in [-0.3, -0.25) is 4.79 Å². The predicted octanol–water partition coefficient (Wildman–Crippen LogP) is 2.84. The van der Waals surface area contributed by atoms with Crippen molar-refractivity contribution in [1.82, 2.24) is 16.0 Å². The molecule has 6 heteroatoms. The van der Waals surface area contributed by atoms with Crippen LogP contribution in [0.4, 0.5) is 4.79 Å². The Bertz CT molecular complexity index is 732. The second kappa shape index (κ2) is 11.0. The summed E-state index contributed by atoms with van der Waals surface area (Å²) in [7, 11) is 0. The first-order valence-corrected chi connectivity index (χ1v) is 9.10. The quantitative estimate of drug-likeness (QED) is 0.594. The van der Waals surface area contributed by atoms with Crippen molar-refractivity contribution in [2.75, 3.05) is 13.1 Å². The van der Waals surface area contributed by atoms with E-state index in [-0.39, 0.29) is 12.5 Å². The van der Waals surface area contributed by atoms with Crippen LogP contribution in [0.25, 0.3) is 0 Å². The third kappa shape index (κ3) is 7.50. The van der Waals surface area contributed by atoms with Gasteiger partial charge < -0.3 is 20.7 Å². The van der Waals surface area contributed by atoms with Crippen molar-refractivity contribution in [3.63, 3.8) is 0 Å². The third-order valence-electron chi connectivity index (χ3n) is 3.86. The van der Waals surface area contributed by atoms with Gasteiger partial charge in [-0.1, -0.05) is 62.4 Å². The van der Waals surface area contributed by atoms with Crippen LogP contribution in [0.1, 0.15) is 35.3 Å². The van der Waals surface area contributed by atoms with Crippen molar-refractivity contribution >= 4 is 12.0 Å². The Kier molecular flexibility index (Phi) is 8.32. The van der Waals surface area contributed by atoms with Crippen LogP contribution in [-0.2, 0) is 17.9 Å². The van der Waals surface area contributed by atoms with Crippen LogP contribution in [0.5, 0.6) is 0 Å². The highest BCUT2D eigenvalue weighted by atomic mass is 16.5. The smallest absolute Gasteiger partial charge is 0.407 e. The van der Waals surface area contributed by atoms with Gasteiger partial charge in [-0.15, -0.1) is 0 Å². The van der Waals surface area contributed by atoms with Gasteiger partial charge in [0.1, 0.15) is 6.61 Å². The Morgan fingerprint density at radius 1 is 0.926 bits per heavy atom. The molecule has 0 aromatic heterocycles. The van der Waals surface area contributed by atoms with E-state index in [4.69, 9.17) is 4.74 Å². The van der Waals surface area contributed by atoms with Crippen LogP contribution in [0.3, 0.4) is 0 Å². The number of amides is 2. The van der Waals surface area contributed by atoms with Gasteiger partial charge >= 0.3 is 6.09 Å². The molecule has 0 aliphatic heterocycles. The van der Waals surface area contributed by atoms with Crippen LogP contribution in [0, 0.1) is 0 Å². The molecule has 2 aromatic carbocycles. The van der Waals surface area contributed by atoms with Gasteiger partial charge in [0.05, 0.1) is 0 Å². The molecule has 6 nitrogen and oxygen atoms in total. The van der Waals surface area contributed by atoms with Gasteiger partial charge in [-0.05, 0) is 17.2 Å². The van der Waals surface area contributed by atoms with E-state index in [0.29, 0.717) is 31.2 Å². The first-order valence-electron chi connectivity index (χ1n) is 9.10. The lowest BCUT2D eigenvalue weighted by molar-refractivity contribution is 0.0950. The summed E-state index contributed by atoms with van der Waals surface area (Å²) < 4.78 is 5.12. The number of ether oxygens (including phenoxy) is 1. The normalized spacial score (nSPS) is 10.5. The summed E-state index contributed by atoms with van der Waals surface area (Å²) in [6.45, 7) is 5.59. The van der Waals surface area contributed by atoms with E-state index >= 15 is 0 Å². The van der Waals surface area contributed by atoms with Crippen molar-refractivity contribution in [1.29, 1.82) is 0 Å². The molecule has 0 heterocycles. The first-order chi connectivity index (χ1) is 13.1. The van der Waals surface area contributed by atoms with Crippen molar-refractivity contribution in [3.05, 3.63) is 71.3 Å². The van der Waals surface area contributed by atoms with Crippen molar-refractivity contribution < 1.29 is 14.3 Å². The molecule has 0 saturated heterocycles. The van der Waals surface area contributed by atoms with Crippen molar-refractivity contribution in [2.24, 2.45) is 0 Å². The van der Waals surface area contributed by atoms with Gasteiger partial charge in [0.15, 0.2) is 0 Å². The molecule has 144 valence electrons. The third-order valence-corrected chi connectivity index (χ3v) is 3.86. The minimum Gasteiger partial charge on any atom is -0.445 e. The summed E-state index contributed by atoms with van der Waals surface area (Å²) in [5.74, 6) is -0.157. The highest BCUT2D eigenvalue weighted by molar-refractivity contribution is 5.95. The summed E-state index contributed by atoms with van der Waals surface area (Å²) in [4.78, 5) is 24.1. The lowest BCUT2D eigenvalue weighted by atomic mass is 10.1. The highest BCUT2D eigenvalue weighted by Crippen LogP contribution is 2.08. The fourth-order valence-electron chi connectivity index (χ4n) is 2.42. The molecule has 0 aliphatic rings. The van der Waals surface area contributed by atoms with Gasteiger partial charge in [0.25, 0.3) is 5.91 Å². The maximum absolute atomic E-state index is 12.4. The van der Waals surface area contributed by atoms with Crippen LogP contribution in [-0.4, -0.2) is 31.1 Å². The summed E-state index contributed by atoms with van der Waals surface area (Å²) >= 11 is 0. The Morgan fingerprint density at radius 2 is 1.59 bits per heavy atom. The van der Waals surface area contributed by atoms with Crippen LogP contribution >= 0.6 is 0 Å². The van der Waals surface area contributed by atoms with Crippen molar-refractivity contribution in [3.8, 4) is 0 Å². The monoisotopic (exact) mass is 369 g/mol. The molecule has 0 bridgehead atoms. The molecule has 0 spiro atoms. The van der Waals surface area contributed by atoms with E-state index < -0.39 is 6.09 Å². The fraction of sp³-hybridized carbons (Fsp3) is 0.333. The molecule has 0 saturated carbocycles. The molecule has 0 unspecified atom stereocenters. The minimum absolute atomic E-state index is 0.157.